The molecule has 4 heterocycles. The second-order valence-corrected chi connectivity index (χ2v) is 10.2. The monoisotopic (exact) mass is 516 g/mol. The van der Waals surface area contributed by atoms with Crippen molar-refractivity contribution in [2.75, 3.05) is 31.5 Å². The van der Waals surface area contributed by atoms with E-state index in [4.69, 9.17) is 0 Å². The molecule has 0 saturated carbocycles. The summed E-state index contributed by atoms with van der Waals surface area (Å²) in [5, 5.41) is 10.5. The van der Waals surface area contributed by atoms with Crippen molar-refractivity contribution >= 4 is 22.5 Å². The fourth-order valence-corrected chi connectivity index (χ4v) is 5.28. The Labute approximate surface area is 219 Å². The number of halogens is 2. The van der Waals surface area contributed by atoms with E-state index in [0.29, 0.717) is 28.7 Å². The minimum absolute atomic E-state index is 0.177. The molecule has 2 aromatic heterocycles. The number of amides is 1. The molecule has 2 aliphatic rings. The molecule has 0 radical (unpaired) electrons. The highest BCUT2D eigenvalue weighted by Crippen LogP contribution is 2.31. The lowest BCUT2D eigenvalue weighted by Gasteiger charge is -2.30. The van der Waals surface area contributed by atoms with Crippen LogP contribution in [-0.4, -0.2) is 57.1 Å². The first-order valence-electron chi connectivity index (χ1n) is 13.2. The molecular weight excluding hydrogens is 486 g/mol. The zero-order valence-corrected chi connectivity index (χ0v) is 21.1. The van der Waals surface area contributed by atoms with E-state index < -0.39 is 11.6 Å². The Hall–Kier alpha value is -3.69. The van der Waals surface area contributed by atoms with Gasteiger partial charge in [-0.2, -0.15) is 5.10 Å². The van der Waals surface area contributed by atoms with Crippen LogP contribution in [0.2, 0.25) is 0 Å². The Morgan fingerprint density at radius 3 is 2.50 bits per heavy atom. The van der Waals surface area contributed by atoms with Crippen LogP contribution in [0.3, 0.4) is 0 Å². The van der Waals surface area contributed by atoms with Gasteiger partial charge in [0.25, 0.3) is 5.91 Å². The summed E-state index contributed by atoms with van der Waals surface area (Å²) in [5.41, 5.74) is 3.75. The second kappa shape index (κ2) is 10.6. The number of pyridine rings is 1. The summed E-state index contributed by atoms with van der Waals surface area (Å²) in [5.74, 6) is -2.15. The van der Waals surface area contributed by atoms with Crippen LogP contribution in [0.1, 0.15) is 47.4 Å². The third-order valence-corrected chi connectivity index (χ3v) is 7.44. The first kappa shape index (κ1) is 24.6. The molecule has 0 bridgehead atoms. The van der Waals surface area contributed by atoms with Gasteiger partial charge in [0.1, 0.15) is 0 Å². The predicted molar refractivity (Wildman–Crippen MR) is 143 cm³/mol. The van der Waals surface area contributed by atoms with Gasteiger partial charge in [-0.1, -0.05) is 12.5 Å². The molecule has 196 valence electrons. The van der Waals surface area contributed by atoms with Gasteiger partial charge in [-0.25, -0.2) is 8.78 Å². The second-order valence-electron chi connectivity index (χ2n) is 10.2. The third-order valence-electron chi connectivity index (χ3n) is 7.44. The van der Waals surface area contributed by atoms with Gasteiger partial charge < -0.3 is 5.32 Å². The summed E-state index contributed by atoms with van der Waals surface area (Å²) in [4.78, 5) is 22.1. The lowest BCUT2D eigenvalue weighted by molar-refractivity contribution is 0.102. The molecule has 0 atom stereocenters. The fraction of sp³-hybridized carbons (Fsp3) is 0.345. The van der Waals surface area contributed by atoms with Crippen molar-refractivity contribution in [3.05, 3.63) is 77.2 Å². The number of H-pyrrole nitrogens is 1. The maximum Gasteiger partial charge on any atom is 0.276 e. The summed E-state index contributed by atoms with van der Waals surface area (Å²) in [6, 6.07) is 11.7. The van der Waals surface area contributed by atoms with E-state index in [-0.39, 0.29) is 17.2 Å². The van der Waals surface area contributed by atoms with Crippen LogP contribution in [-0.2, 0) is 13.1 Å². The molecule has 2 aliphatic heterocycles. The first-order chi connectivity index (χ1) is 18.5. The van der Waals surface area contributed by atoms with Gasteiger partial charge >= 0.3 is 0 Å². The van der Waals surface area contributed by atoms with Crippen LogP contribution >= 0.6 is 0 Å². The third kappa shape index (κ3) is 5.16. The molecule has 1 amide bonds. The molecule has 9 heteroatoms. The largest absolute Gasteiger partial charge is 0.320 e. The van der Waals surface area contributed by atoms with Crippen LogP contribution in [0, 0.1) is 11.6 Å². The number of anilines is 1. The van der Waals surface area contributed by atoms with Gasteiger partial charge in [0.15, 0.2) is 17.3 Å². The zero-order valence-electron chi connectivity index (χ0n) is 21.1. The summed E-state index contributed by atoms with van der Waals surface area (Å²) in [6.07, 6.45) is 6.33. The molecular formula is C29H30F2N6O. The van der Waals surface area contributed by atoms with Crippen molar-refractivity contribution in [3.63, 3.8) is 0 Å². The first-order valence-corrected chi connectivity index (χ1v) is 13.2. The summed E-state index contributed by atoms with van der Waals surface area (Å²) < 4.78 is 29.6. The number of piperidine rings is 1. The highest BCUT2D eigenvalue weighted by Gasteiger charge is 2.20. The van der Waals surface area contributed by atoms with Gasteiger partial charge in [0.2, 0.25) is 0 Å². The Morgan fingerprint density at radius 2 is 1.71 bits per heavy atom. The van der Waals surface area contributed by atoms with E-state index in [2.05, 4.69) is 30.3 Å². The van der Waals surface area contributed by atoms with Crippen molar-refractivity contribution in [1.82, 2.24) is 25.0 Å². The number of likely N-dealkylation sites (tertiary alicyclic amines) is 2. The Kier molecular flexibility index (Phi) is 6.86. The average molecular weight is 517 g/mol. The molecule has 0 aliphatic carbocycles. The molecule has 2 aromatic carbocycles. The summed E-state index contributed by atoms with van der Waals surface area (Å²) in [7, 11) is 0. The zero-order chi connectivity index (χ0) is 26.1. The molecule has 4 aromatic rings. The molecule has 7 nitrogen and oxygen atoms in total. The highest BCUT2D eigenvalue weighted by molar-refractivity contribution is 6.11. The van der Waals surface area contributed by atoms with Crippen molar-refractivity contribution in [2.24, 2.45) is 0 Å². The molecule has 2 saturated heterocycles. The van der Waals surface area contributed by atoms with E-state index in [0.717, 1.165) is 56.8 Å². The molecule has 2 fully saturated rings. The van der Waals surface area contributed by atoms with Crippen LogP contribution in [0.5, 0.6) is 0 Å². The number of nitrogens with one attached hydrogen (secondary N) is 2. The molecule has 0 unspecified atom stereocenters. The molecule has 2 N–H and O–H groups in total. The van der Waals surface area contributed by atoms with Gasteiger partial charge in [0, 0.05) is 35.9 Å². The van der Waals surface area contributed by atoms with Crippen LogP contribution in [0.15, 0.2) is 48.7 Å². The quantitative estimate of drug-likeness (QED) is 0.347. The highest BCUT2D eigenvalue weighted by atomic mass is 19.2. The number of carbonyl (C=O) groups is 1. The Morgan fingerprint density at radius 1 is 0.921 bits per heavy atom. The maximum atomic E-state index is 15.0. The summed E-state index contributed by atoms with van der Waals surface area (Å²) in [6.45, 7) is 5.38. The Balaban J connectivity index is 1.26. The Bertz CT molecular complexity index is 1480. The van der Waals surface area contributed by atoms with Gasteiger partial charge in [-0.05, 0) is 93.0 Å². The van der Waals surface area contributed by atoms with E-state index in [1.54, 1.807) is 36.5 Å². The smallest absolute Gasteiger partial charge is 0.276 e. The number of carbonyl (C=O) groups excluding carboxylic acids is 1. The van der Waals surface area contributed by atoms with E-state index in [1.807, 2.05) is 6.07 Å². The van der Waals surface area contributed by atoms with Crippen molar-refractivity contribution in [2.45, 2.75) is 38.8 Å². The number of fused-ring (bicyclic) bond motifs is 1. The molecule has 6 rings (SSSR count). The minimum Gasteiger partial charge on any atom is -0.320 e. The van der Waals surface area contributed by atoms with Crippen LogP contribution < -0.4 is 5.32 Å². The van der Waals surface area contributed by atoms with Crippen LogP contribution in [0.4, 0.5) is 14.5 Å². The van der Waals surface area contributed by atoms with Crippen molar-refractivity contribution < 1.29 is 13.6 Å². The normalized spacial score (nSPS) is 16.5. The predicted octanol–water partition coefficient (Wildman–Crippen LogP) is 5.35. The fourth-order valence-electron chi connectivity index (χ4n) is 5.28. The average Bonchev–Trinajstić information content (AvgIpc) is 3.33. The lowest BCUT2D eigenvalue weighted by atomic mass is 9.99. The standard InChI is InChI=1S/C29H30F2N6O/c30-25-14-19(17-36-9-2-1-3-10-36)13-23(27(25)31)20-5-6-26-24(15-20)28(35-34-26)29(38)33-21-7-8-32-22(16-21)18-37-11-4-12-37/h5-8,13-16H,1-4,9-12,17-18H2,(H,34,35)(H,32,33,38). The van der Waals surface area contributed by atoms with E-state index >= 15 is 0 Å². The summed E-state index contributed by atoms with van der Waals surface area (Å²) >= 11 is 0. The minimum atomic E-state index is -0.896. The van der Waals surface area contributed by atoms with Crippen molar-refractivity contribution in [3.8, 4) is 11.1 Å². The number of aromatic nitrogens is 3. The maximum absolute atomic E-state index is 15.0. The number of rotatable bonds is 7. The molecule has 0 spiro atoms. The lowest BCUT2D eigenvalue weighted by Crippen LogP contribution is -2.36. The van der Waals surface area contributed by atoms with Gasteiger partial charge in [0.05, 0.1) is 11.2 Å². The van der Waals surface area contributed by atoms with E-state index in [1.165, 1.54) is 18.9 Å². The van der Waals surface area contributed by atoms with Crippen molar-refractivity contribution in [1.29, 1.82) is 0 Å². The molecule has 38 heavy (non-hydrogen) atoms. The van der Waals surface area contributed by atoms with Gasteiger partial charge in [-0.15, -0.1) is 0 Å². The SMILES string of the molecule is O=C(Nc1ccnc(CN2CCC2)c1)c1n[nH]c2ccc(-c3cc(CN4CCCCC4)cc(F)c3F)cc12. The number of hydrogen-bond acceptors (Lipinski definition) is 5. The van der Waals surface area contributed by atoms with Gasteiger partial charge in [-0.3, -0.25) is 24.7 Å². The van der Waals surface area contributed by atoms with E-state index in [9.17, 15) is 13.6 Å². The number of benzene rings is 2. The number of nitrogens with zero attached hydrogens (tertiary/aromatic N) is 4. The van der Waals surface area contributed by atoms with Crippen LogP contribution in [0.25, 0.3) is 22.0 Å². The number of hydrogen-bond donors (Lipinski definition) is 2. The number of aromatic amines is 1. The topological polar surface area (TPSA) is 77.1 Å².